The molecule has 4 rings (SSSR count). The van der Waals surface area contributed by atoms with Crippen LogP contribution in [0.3, 0.4) is 0 Å². The van der Waals surface area contributed by atoms with Crippen molar-refractivity contribution in [2.24, 2.45) is 0 Å². The molecule has 1 unspecified atom stereocenters. The molecule has 1 aliphatic heterocycles. The van der Waals surface area contributed by atoms with Crippen LogP contribution in [0.1, 0.15) is 31.8 Å². The van der Waals surface area contributed by atoms with Crippen molar-refractivity contribution in [1.82, 2.24) is 10.3 Å². The van der Waals surface area contributed by atoms with Crippen molar-refractivity contribution in [2.45, 2.75) is 6.54 Å². The maximum Gasteiger partial charge on any atom is 0.251 e. The summed E-state index contributed by atoms with van der Waals surface area (Å²) < 4.78 is 15.4. The van der Waals surface area contributed by atoms with Crippen molar-refractivity contribution in [3.05, 3.63) is 98.1 Å². The number of aromatic nitrogens is 1. The first kappa shape index (κ1) is 21.2. The summed E-state index contributed by atoms with van der Waals surface area (Å²) in [7, 11) is -1.75. The zero-order valence-electron chi connectivity index (χ0n) is 15.9. The van der Waals surface area contributed by atoms with Gasteiger partial charge in [0.1, 0.15) is 4.91 Å². The SMILES string of the molecule is O=C(NCc1cccnc1)c1ccc2c(c1)C(=O)/C(=C\c1ccc(Cl)c(Cl)c1)S(=O)N2. The first-order valence-electron chi connectivity index (χ1n) is 9.13. The monoisotopic (exact) mass is 471 g/mol. The van der Waals surface area contributed by atoms with E-state index >= 15 is 0 Å². The Morgan fingerprint density at radius 2 is 1.97 bits per heavy atom. The molecule has 1 atom stereocenters. The molecule has 0 saturated carbocycles. The van der Waals surface area contributed by atoms with E-state index in [-0.39, 0.29) is 16.4 Å². The molecule has 0 spiro atoms. The Morgan fingerprint density at radius 3 is 2.71 bits per heavy atom. The Morgan fingerprint density at radius 1 is 1.13 bits per heavy atom. The second kappa shape index (κ2) is 9.01. The van der Waals surface area contributed by atoms with E-state index in [4.69, 9.17) is 23.2 Å². The van der Waals surface area contributed by atoms with E-state index in [0.29, 0.717) is 33.4 Å². The molecule has 3 aromatic rings. The lowest BCUT2D eigenvalue weighted by Gasteiger charge is -2.19. The van der Waals surface area contributed by atoms with Gasteiger partial charge in [-0.05, 0) is 53.6 Å². The first-order chi connectivity index (χ1) is 14.9. The molecule has 0 radical (unpaired) electrons. The molecule has 0 aliphatic carbocycles. The van der Waals surface area contributed by atoms with Crippen molar-refractivity contribution in [1.29, 1.82) is 0 Å². The molecule has 0 saturated heterocycles. The Bertz CT molecular complexity index is 1250. The lowest BCUT2D eigenvalue weighted by molar-refractivity contribution is 0.0951. The molecular weight excluding hydrogens is 457 g/mol. The number of nitrogens with one attached hydrogen (secondary N) is 2. The zero-order chi connectivity index (χ0) is 22.0. The Balaban J connectivity index is 1.59. The summed E-state index contributed by atoms with van der Waals surface area (Å²) >= 11 is 12.0. The number of rotatable bonds is 4. The molecular formula is C22H15Cl2N3O3S. The summed E-state index contributed by atoms with van der Waals surface area (Å²) in [5.41, 5.74) is 2.42. The highest BCUT2D eigenvalue weighted by molar-refractivity contribution is 7.91. The number of benzene rings is 2. The van der Waals surface area contributed by atoms with Gasteiger partial charge in [0.15, 0.2) is 11.0 Å². The van der Waals surface area contributed by atoms with Gasteiger partial charge in [-0.15, -0.1) is 0 Å². The van der Waals surface area contributed by atoms with Crippen LogP contribution in [0.15, 0.2) is 65.8 Å². The Labute approximate surface area is 190 Å². The van der Waals surface area contributed by atoms with Gasteiger partial charge in [-0.25, -0.2) is 4.21 Å². The van der Waals surface area contributed by atoms with Crippen molar-refractivity contribution >= 4 is 57.6 Å². The topological polar surface area (TPSA) is 88.2 Å². The summed E-state index contributed by atoms with van der Waals surface area (Å²) in [6.45, 7) is 0.308. The number of halogens is 2. The van der Waals surface area contributed by atoms with Crippen LogP contribution >= 0.6 is 23.2 Å². The molecule has 31 heavy (non-hydrogen) atoms. The van der Waals surface area contributed by atoms with E-state index in [9.17, 15) is 13.8 Å². The standard InChI is InChI=1S/C22H15Cl2N3O3S/c23-17-5-3-13(8-18(17)24)9-20-21(28)16-10-15(4-6-19(16)27-31(20)30)22(29)26-12-14-2-1-7-25-11-14/h1-11,27H,12H2,(H,26,29)/b20-9+. The lowest BCUT2D eigenvalue weighted by Crippen LogP contribution is -2.25. The van der Waals surface area contributed by atoms with E-state index in [1.807, 2.05) is 6.07 Å². The van der Waals surface area contributed by atoms with Crippen LogP contribution in [0.25, 0.3) is 6.08 Å². The second-order valence-corrected chi connectivity index (χ2v) is 8.68. The summed E-state index contributed by atoms with van der Waals surface area (Å²) in [6, 6.07) is 13.1. The van der Waals surface area contributed by atoms with Crippen LogP contribution in [0, 0.1) is 0 Å². The third-order valence-electron chi connectivity index (χ3n) is 4.57. The number of carbonyl (C=O) groups is 2. The normalized spacial score (nSPS) is 16.5. The molecule has 0 bridgehead atoms. The van der Waals surface area contributed by atoms with Crippen molar-refractivity contribution in [3.63, 3.8) is 0 Å². The number of allylic oxidation sites excluding steroid dienone is 1. The summed E-state index contributed by atoms with van der Waals surface area (Å²) in [5, 5.41) is 3.50. The average Bonchev–Trinajstić information content (AvgIpc) is 2.78. The van der Waals surface area contributed by atoms with Crippen molar-refractivity contribution in [2.75, 3.05) is 4.72 Å². The number of hydrogen-bond acceptors (Lipinski definition) is 4. The van der Waals surface area contributed by atoms with Gasteiger partial charge in [0.2, 0.25) is 5.78 Å². The molecule has 1 aliphatic rings. The van der Waals surface area contributed by atoms with Crippen LogP contribution in [-0.4, -0.2) is 20.9 Å². The lowest BCUT2D eigenvalue weighted by atomic mass is 10.0. The Kier molecular flexibility index (Phi) is 6.18. The van der Waals surface area contributed by atoms with Gasteiger partial charge in [-0.2, -0.15) is 0 Å². The molecule has 6 nitrogen and oxygen atoms in total. The molecule has 1 aromatic heterocycles. The predicted molar refractivity (Wildman–Crippen MR) is 122 cm³/mol. The largest absolute Gasteiger partial charge is 0.348 e. The molecule has 0 fully saturated rings. The summed E-state index contributed by atoms with van der Waals surface area (Å²) in [6.07, 6.45) is 4.81. The average molecular weight is 472 g/mol. The van der Waals surface area contributed by atoms with Crippen LogP contribution in [0.2, 0.25) is 10.0 Å². The summed E-state index contributed by atoms with van der Waals surface area (Å²) in [4.78, 5) is 29.7. The van der Waals surface area contributed by atoms with Gasteiger partial charge in [-0.3, -0.25) is 14.6 Å². The number of amides is 1. The fourth-order valence-corrected chi connectivity index (χ4v) is 4.31. The van der Waals surface area contributed by atoms with Gasteiger partial charge >= 0.3 is 0 Å². The third-order valence-corrected chi connectivity index (χ3v) is 6.42. The van der Waals surface area contributed by atoms with E-state index in [2.05, 4.69) is 15.0 Å². The molecule has 9 heteroatoms. The highest BCUT2D eigenvalue weighted by Crippen LogP contribution is 2.31. The highest BCUT2D eigenvalue weighted by Gasteiger charge is 2.28. The van der Waals surface area contributed by atoms with E-state index in [0.717, 1.165) is 5.56 Å². The summed E-state index contributed by atoms with van der Waals surface area (Å²) in [5.74, 6) is -0.763. The highest BCUT2D eigenvalue weighted by atomic mass is 35.5. The van der Waals surface area contributed by atoms with E-state index in [1.165, 1.54) is 12.1 Å². The molecule has 1 amide bonds. The number of carbonyl (C=O) groups excluding carboxylic acids is 2. The van der Waals surface area contributed by atoms with E-state index in [1.54, 1.807) is 48.8 Å². The fraction of sp³-hybridized carbons (Fsp3) is 0.0455. The number of nitrogens with zero attached hydrogens (tertiary/aromatic N) is 1. The molecule has 2 aromatic carbocycles. The molecule has 156 valence electrons. The maximum absolute atomic E-state index is 13.0. The quantitative estimate of drug-likeness (QED) is 0.542. The van der Waals surface area contributed by atoms with Crippen LogP contribution in [-0.2, 0) is 17.5 Å². The third kappa shape index (κ3) is 4.69. The molecule has 2 heterocycles. The van der Waals surface area contributed by atoms with Crippen molar-refractivity contribution in [3.8, 4) is 0 Å². The minimum Gasteiger partial charge on any atom is -0.348 e. The molecule has 2 N–H and O–H groups in total. The minimum atomic E-state index is -1.75. The zero-order valence-corrected chi connectivity index (χ0v) is 18.2. The first-order valence-corrected chi connectivity index (χ1v) is 11.0. The fourth-order valence-electron chi connectivity index (χ4n) is 2.99. The van der Waals surface area contributed by atoms with Gasteiger partial charge in [0, 0.05) is 30.1 Å². The Hall–Kier alpha value is -3.00. The smallest absolute Gasteiger partial charge is 0.251 e. The van der Waals surface area contributed by atoms with E-state index < -0.39 is 16.8 Å². The van der Waals surface area contributed by atoms with Crippen LogP contribution < -0.4 is 10.0 Å². The van der Waals surface area contributed by atoms with Gasteiger partial charge in [-0.1, -0.05) is 35.3 Å². The number of anilines is 1. The van der Waals surface area contributed by atoms with Crippen LogP contribution in [0.5, 0.6) is 0 Å². The van der Waals surface area contributed by atoms with Gasteiger partial charge in [0.05, 0.1) is 15.7 Å². The minimum absolute atomic E-state index is 0.0545. The van der Waals surface area contributed by atoms with Crippen molar-refractivity contribution < 1.29 is 13.8 Å². The number of pyridine rings is 1. The number of fused-ring (bicyclic) bond motifs is 1. The predicted octanol–water partition coefficient (Wildman–Crippen LogP) is 4.63. The number of Topliss-reactive ketones (excluding diaryl/α,β-unsaturated/α-hetero) is 1. The second-order valence-electron chi connectivity index (χ2n) is 6.69. The maximum atomic E-state index is 13.0. The van der Waals surface area contributed by atoms with Gasteiger partial charge in [0.25, 0.3) is 5.91 Å². The number of hydrogen-bond donors (Lipinski definition) is 2. The number of ketones is 1. The van der Waals surface area contributed by atoms with Gasteiger partial charge < -0.3 is 10.0 Å². The van der Waals surface area contributed by atoms with Crippen LogP contribution in [0.4, 0.5) is 5.69 Å².